The van der Waals surface area contributed by atoms with Crippen molar-refractivity contribution >= 4 is 52.9 Å². The molecule has 0 spiro atoms. The highest BCUT2D eigenvalue weighted by atomic mass is 127. The summed E-state index contributed by atoms with van der Waals surface area (Å²) in [4.78, 5) is 56.1. The lowest BCUT2D eigenvalue weighted by molar-refractivity contribution is -0.140. The van der Waals surface area contributed by atoms with Gasteiger partial charge >= 0.3 is 18.0 Å². The molecule has 0 radical (unpaired) electrons. The Morgan fingerprint density at radius 1 is 1.11 bits per heavy atom. The summed E-state index contributed by atoms with van der Waals surface area (Å²) in [5.74, 6) is -3.15. The van der Waals surface area contributed by atoms with E-state index in [1.165, 1.54) is 0 Å². The molecule has 11 nitrogen and oxygen atoms in total. The average Bonchev–Trinajstić information content (AvgIpc) is 2.63. The summed E-state index contributed by atoms with van der Waals surface area (Å²) in [6, 6.07) is 4.20. The molecule has 152 valence electrons. The van der Waals surface area contributed by atoms with E-state index in [9.17, 15) is 24.0 Å². The number of hydrogen-bond donors (Lipinski definition) is 5. The SMILES string of the molecule is O=CO[C@H](CNC(=O)N[C@@H](CCC(=O)O)C(=O)O)NC(=O)c1ccc(I)cc1. The van der Waals surface area contributed by atoms with Crippen LogP contribution in [0.15, 0.2) is 24.3 Å². The summed E-state index contributed by atoms with van der Waals surface area (Å²) in [5, 5.41) is 24.3. The molecule has 1 aromatic carbocycles. The number of hydrogen-bond acceptors (Lipinski definition) is 6. The average molecular weight is 507 g/mol. The minimum absolute atomic E-state index is 0.0887. The molecule has 0 saturated carbocycles. The van der Waals surface area contributed by atoms with Crippen LogP contribution < -0.4 is 16.0 Å². The molecule has 1 rings (SSSR count). The number of carbonyl (C=O) groups is 5. The zero-order valence-electron chi connectivity index (χ0n) is 14.4. The van der Waals surface area contributed by atoms with Crippen LogP contribution in [0, 0.1) is 3.57 Å². The number of nitrogens with one attached hydrogen (secondary N) is 3. The molecule has 0 bridgehead atoms. The van der Waals surface area contributed by atoms with E-state index in [4.69, 9.17) is 10.2 Å². The largest absolute Gasteiger partial charge is 0.481 e. The molecular formula is C16H18IN3O8. The lowest BCUT2D eigenvalue weighted by atomic mass is 10.1. The fourth-order valence-electron chi connectivity index (χ4n) is 1.95. The maximum atomic E-state index is 12.1. The van der Waals surface area contributed by atoms with Crippen LogP contribution in [0.4, 0.5) is 4.79 Å². The highest BCUT2D eigenvalue weighted by Gasteiger charge is 2.22. The zero-order valence-corrected chi connectivity index (χ0v) is 16.5. The van der Waals surface area contributed by atoms with Gasteiger partial charge in [-0.05, 0) is 53.3 Å². The Hall–Kier alpha value is -2.90. The lowest BCUT2D eigenvalue weighted by Crippen LogP contribution is -2.51. The van der Waals surface area contributed by atoms with Crippen molar-refractivity contribution in [2.75, 3.05) is 6.54 Å². The van der Waals surface area contributed by atoms with Crippen LogP contribution in [0.3, 0.4) is 0 Å². The number of aliphatic carboxylic acids is 2. The van der Waals surface area contributed by atoms with Crippen LogP contribution in [-0.2, 0) is 19.1 Å². The van der Waals surface area contributed by atoms with Crippen molar-refractivity contribution in [3.05, 3.63) is 33.4 Å². The fraction of sp³-hybridized carbons (Fsp3) is 0.312. The van der Waals surface area contributed by atoms with Gasteiger partial charge in [-0.15, -0.1) is 0 Å². The lowest BCUT2D eigenvalue weighted by Gasteiger charge is -2.19. The molecule has 0 heterocycles. The van der Waals surface area contributed by atoms with Crippen molar-refractivity contribution in [3.63, 3.8) is 0 Å². The first-order chi connectivity index (χ1) is 13.2. The highest BCUT2D eigenvalue weighted by molar-refractivity contribution is 14.1. The monoisotopic (exact) mass is 507 g/mol. The predicted molar refractivity (Wildman–Crippen MR) is 102 cm³/mol. The number of benzene rings is 1. The van der Waals surface area contributed by atoms with E-state index >= 15 is 0 Å². The van der Waals surface area contributed by atoms with Gasteiger partial charge in [0.25, 0.3) is 12.4 Å². The summed E-state index contributed by atoms with van der Waals surface area (Å²) in [5.41, 5.74) is 0.309. The Balaban J connectivity index is 2.58. The minimum Gasteiger partial charge on any atom is -0.481 e. The fourth-order valence-corrected chi connectivity index (χ4v) is 2.31. The number of carboxylic acids is 2. The van der Waals surface area contributed by atoms with Crippen LogP contribution in [-0.4, -0.2) is 59.4 Å². The van der Waals surface area contributed by atoms with E-state index in [2.05, 4.69) is 43.3 Å². The molecule has 0 unspecified atom stereocenters. The van der Waals surface area contributed by atoms with Crippen molar-refractivity contribution in [2.45, 2.75) is 25.1 Å². The topological polar surface area (TPSA) is 171 Å². The summed E-state index contributed by atoms with van der Waals surface area (Å²) in [6.45, 7) is -0.253. The van der Waals surface area contributed by atoms with E-state index < -0.39 is 42.6 Å². The number of ether oxygens (including phenoxy) is 1. The molecule has 0 aliphatic heterocycles. The smallest absolute Gasteiger partial charge is 0.326 e. The summed E-state index contributed by atoms with van der Waals surface area (Å²) < 4.78 is 5.61. The van der Waals surface area contributed by atoms with Crippen LogP contribution in [0.2, 0.25) is 0 Å². The number of amides is 3. The number of urea groups is 1. The molecule has 0 fully saturated rings. The van der Waals surface area contributed by atoms with E-state index in [1.54, 1.807) is 24.3 Å². The van der Waals surface area contributed by atoms with Crippen molar-refractivity contribution in [2.24, 2.45) is 0 Å². The Kier molecular flexibility index (Phi) is 9.70. The summed E-state index contributed by atoms with van der Waals surface area (Å²) >= 11 is 2.07. The van der Waals surface area contributed by atoms with Gasteiger partial charge in [-0.3, -0.25) is 14.4 Å². The van der Waals surface area contributed by atoms with Gasteiger partial charge in [-0.2, -0.15) is 0 Å². The van der Waals surface area contributed by atoms with Crippen molar-refractivity contribution in [1.29, 1.82) is 0 Å². The van der Waals surface area contributed by atoms with Gasteiger partial charge in [0.2, 0.25) is 0 Å². The van der Waals surface area contributed by atoms with Crippen LogP contribution >= 0.6 is 22.6 Å². The van der Waals surface area contributed by atoms with E-state index in [0.717, 1.165) is 3.57 Å². The molecule has 2 atom stereocenters. The van der Waals surface area contributed by atoms with Gasteiger partial charge in [0.05, 0.1) is 6.54 Å². The third-order valence-corrected chi connectivity index (χ3v) is 4.04. The second-order valence-corrected chi connectivity index (χ2v) is 6.62. The van der Waals surface area contributed by atoms with Gasteiger partial charge in [-0.1, -0.05) is 0 Å². The molecular weight excluding hydrogens is 489 g/mol. The van der Waals surface area contributed by atoms with Gasteiger partial charge in [0.15, 0.2) is 6.23 Å². The van der Waals surface area contributed by atoms with Gasteiger partial charge in [0.1, 0.15) is 6.04 Å². The minimum atomic E-state index is -1.41. The van der Waals surface area contributed by atoms with Crippen LogP contribution in [0.25, 0.3) is 0 Å². The molecule has 0 aliphatic rings. The van der Waals surface area contributed by atoms with Crippen molar-refractivity contribution in [1.82, 2.24) is 16.0 Å². The first kappa shape index (κ1) is 23.1. The zero-order chi connectivity index (χ0) is 21.1. The van der Waals surface area contributed by atoms with Crippen molar-refractivity contribution < 1.29 is 38.9 Å². The maximum absolute atomic E-state index is 12.1. The number of halogens is 1. The standard InChI is InChI=1S/C16H18IN3O8/c17-10-3-1-9(2-4-10)14(24)20-12(28-8-21)7-18-16(27)19-11(15(25)26)5-6-13(22)23/h1-4,8,11-12H,5-7H2,(H,20,24)(H,22,23)(H,25,26)(H2,18,19,27)/t11-,12+/m0/s1. The van der Waals surface area contributed by atoms with Gasteiger partial charge < -0.3 is 30.9 Å². The predicted octanol–water partition coefficient (Wildman–Crippen LogP) is 0.137. The molecule has 0 aromatic heterocycles. The summed E-state index contributed by atoms with van der Waals surface area (Å²) in [7, 11) is 0. The Morgan fingerprint density at radius 2 is 1.75 bits per heavy atom. The molecule has 5 N–H and O–H groups in total. The highest BCUT2D eigenvalue weighted by Crippen LogP contribution is 2.07. The van der Waals surface area contributed by atoms with Crippen LogP contribution in [0.5, 0.6) is 0 Å². The van der Waals surface area contributed by atoms with Crippen molar-refractivity contribution in [3.8, 4) is 0 Å². The Morgan fingerprint density at radius 3 is 2.29 bits per heavy atom. The second-order valence-electron chi connectivity index (χ2n) is 5.38. The molecule has 12 heteroatoms. The Labute approximate surface area is 173 Å². The molecule has 0 aliphatic carbocycles. The quantitative estimate of drug-likeness (QED) is 0.160. The third kappa shape index (κ3) is 8.66. The molecule has 1 aromatic rings. The Bertz CT molecular complexity index is 725. The molecule has 0 saturated heterocycles. The van der Waals surface area contributed by atoms with E-state index in [-0.39, 0.29) is 19.4 Å². The van der Waals surface area contributed by atoms with Crippen LogP contribution in [0.1, 0.15) is 23.2 Å². The summed E-state index contributed by atoms with van der Waals surface area (Å²) in [6.07, 6.45) is -1.95. The molecule has 3 amide bonds. The first-order valence-corrected chi connectivity index (χ1v) is 8.95. The first-order valence-electron chi connectivity index (χ1n) is 7.87. The number of carboxylic acid groups (broad SMARTS) is 2. The maximum Gasteiger partial charge on any atom is 0.326 e. The normalized spacial score (nSPS) is 12.2. The number of carbonyl (C=O) groups excluding carboxylic acids is 3. The third-order valence-electron chi connectivity index (χ3n) is 3.32. The van der Waals surface area contributed by atoms with E-state index in [1.807, 2.05) is 0 Å². The number of rotatable bonds is 11. The second kappa shape index (κ2) is 11.7. The van der Waals surface area contributed by atoms with Gasteiger partial charge in [-0.25, -0.2) is 9.59 Å². The van der Waals surface area contributed by atoms with Gasteiger partial charge in [0, 0.05) is 15.6 Å². The molecule has 28 heavy (non-hydrogen) atoms. The van der Waals surface area contributed by atoms with E-state index in [0.29, 0.717) is 5.56 Å².